The average Bonchev–Trinajstić information content (AvgIpc) is 3.43. The first-order valence-electron chi connectivity index (χ1n) is 11.1. The van der Waals surface area contributed by atoms with Gasteiger partial charge < -0.3 is 25.3 Å². The third-order valence-corrected chi connectivity index (χ3v) is 6.37. The molecular formula is C27H24N2O5. The number of fused-ring (bicyclic) bond motifs is 4. The predicted molar refractivity (Wildman–Crippen MR) is 128 cm³/mol. The summed E-state index contributed by atoms with van der Waals surface area (Å²) < 4.78 is 5.47. The molecule has 2 unspecified atom stereocenters. The van der Waals surface area contributed by atoms with Gasteiger partial charge in [0, 0.05) is 35.1 Å². The quantitative estimate of drug-likeness (QED) is 0.315. The van der Waals surface area contributed by atoms with Crippen molar-refractivity contribution >= 4 is 23.3 Å². The molecule has 172 valence electrons. The molecule has 2 atom stereocenters. The van der Waals surface area contributed by atoms with E-state index in [1.807, 2.05) is 36.4 Å². The second-order valence-electron chi connectivity index (χ2n) is 8.39. The Kier molecular flexibility index (Phi) is 5.88. The highest BCUT2D eigenvalue weighted by Gasteiger charge is 2.29. The van der Waals surface area contributed by atoms with Gasteiger partial charge in [-0.3, -0.25) is 4.79 Å². The number of ether oxygens (including phenoxy) is 1. The number of H-pyrrole nitrogens is 1. The number of rotatable bonds is 7. The van der Waals surface area contributed by atoms with E-state index in [0.717, 1.165) is 33.9 Å². The minimum absolute atomic E-state index is 0.0579. The van der Waals surface area contributed by atoms with Crippen molar-refractivity contribution in [2.45, 2.75) is 18.1 Å². The van der Waals surface area contributed by atoms with Crippen LogP contribution in [0.2, 0.25) is 0 Å². The highest BCUT2D eigenvalue weighted by Crippen LogP contribution is 2.44. The molecule has 0 saturated heterocycles. The molecule has 7 nitrogen and oxygen atoms in total. The molecular weight excluding hydrogens is 432 g/mol. The number of amides is 1. The minimum atomic E-state index is -1.24. The number of benzene rings is 3. The summed E-state index contributed by atoms with van der Waals surface area (Å²) in [7, 11) is 0. The molecule has 34 heavy (non-hydrogen) atoms. The van der Waals surface area contributed by atoms with Crippen molar-refractivity contribution in [3.05, 3.63) is 95.2 Å². The monoisotopic (exact) mass is 456 g/mol. The molecule has 0 bridgehead atoms. The predicted octanol–water partition coefficient (Wildman–Crippen LogP) is 3.91. The fraction of sp³-hybridized carbons (Fsp3) is 0.185. The van der Waals surface area contributed by atoms with Crippen LogP contribution in [0.3, 0.4) is 0 Å². The zero-order valence-corrected chi connectivity index (χ0v) is 18.3. The molecule has 0 aliphatic heterocycles. The lowest BCUT2D eigenvalue weighted by molar-refractivity contribution is 0.0186. The largest absolute Gasteiger partial charge is 0.449 e. The van der Waals surface area contributed by atoms with Crippen LogP contribution in [0.4, 0.5) is 4.79 Å². The standard InChI is InChI=1S/C27H24N2O5/c30-14-17-12-28-24-11-16(9-10-18(17)24)26(32)25(31)13-29-27(33)34-15-23-21-7-3-1-5-19(21)20-6-2-4-8-22(20)23/h1-12,14,23,25-26,28,31-32H,13,15H2,(H,29,33). The Morgan fingerprint density at radius 3 is 2.38 bits per heavy atom. The summed E-state index contributed by atoms with van der Waals surface area (Å²) in [5.41, 5.74) is 6.18. The summed E-state index contributed by atoms with van der Waals surface area (Å²) in [6, 6.07) is 21.2. The van der Waals surface area contributed by atoms with Gasteiger partial charge in [-0.05, 0) is 33.9 Å². The Morgan fingerprint density at radius 1 is 1.03 bits per heavy atom. The van der Waals surface area contributed by atoms with Crippen molar-refractivity contribution in [2.24, 2.45) is 0 Å². The number of aldehydes is 1. The molecule has 4 aromatic rings. The van der Waals surface area contributed by atoms with Crippen LogP contribution in [0, 0.1) is 0 Å². The number of aromatic amines is 1. The molecule has 1 aliphatic carbocycles. The van der Waals surface area contributed by atoms with Gasteiger partial charge in [-0.15, -0.1) is 0 Å². The second kappa shape index (κ2) is 9.13. The number of aliphatic hydroxyl groups excluding tert-OH is 2. The highest BCUT2D eigenvalue weighted by molar-refractivity contribution is 5.97. The fourth-order valence-corrected chi connectivity index (χ4v) is 4.62. The van der Waals surface area contributed by atoms with Gasteiger partial charge >= 0.3 is 6.09 Å². The van der Waals surface area contributed by atoms with E-state index in [1.54, 1.807) is 24.4 Å². The first kappa shape index (κ1) is 21.9. The van der Waals surface area contributed by atoms with Crippen molar-refractivity contribution in [3.8, 4) is 11.1 Å². The van der Waals surface area contributed by atoms with Gasteiger partial charge in [-0.1, -0.05) is 60.7 Å². The Balaban J connectivity index is 1.19. The smallest absolute Gasteiger partial charge is 0.407 e. The Hall–Kier alpha value is -3.94. The van der Waals surface area contributed by atoms with Crippen molar-refractivity contribution in [1.29, 1.82) is 0 Å². The van der Waals surface area contributed by atoms with E-state index >= 15 is 0 Å². The number of carbonyl (C=O) groups excluding carboxylic acids is 2. The summed E-state index contributed by atoms with van der Waals surface area (Å²) in [5.74, 6) is -0.0579. The van der Waals surface area contributed by atoms with Crippen LogP contribution in [0.25, 0.3) is 22.0 Å². The Bertz CT molecular complexity index is 1320. The zero-order valence-electron chi connectivity index (χ0n) is 18.3. The zero-order chi connectivity index (χ0) is 23.7. The van der Waals surface area contributed by atoms with Gasteiger partial charge in [0.25, 0.3) is 0 Å². The van der Waals surface area contributed by atoms with Gasteiger partial charge in [0.2, 0.25) is 0 Å². The Morgan fingerprint density at radius 2 is 1.71 bits per heavy atom. The molecule has 0 saturated carbocycles. The van der Waals surface area contributed by atoms with Gasteiger partial charge in [-0.25, -0.2) is 4.79 Å². The second-order valence-corrected chi connectivity index (χ2v) is 8.39. The van der Waals surface area contributed by atoms with Crippen LogP contribution in [0.15, 0.2) is 72.9 Å². The number of aromatic nitrogens is 1. The van der Waals surface area contributed by atoms with E-state index in [0.29, 0.717) is 16.6 Å². The molecule has 5 rings (SSSR count). The molecule has 0 spiro atoms. The number of nitrogens with one attached hydrogen (secondary N) is 2. The van der Waals surface area contributed by atoms with Crippen LogP contribution in [-0.2, 0) is 4.74 Å². The van der Waals surface area contributed by atoms with Gasteiger partial charge in [0.15, 0.2) is 6.29 Å². The number of carbonyl (C=O) groups is 2. The van der Waals surface area contributed by atoms with Gasteiger partial charge in [0.05, 0.1) is 0 Å². The van der Waals surface area contributed by atoms with Crippen molar-refractivity contribution in [2.75, 3.05) is 13.2 Å². The summed E-state index contributed by atoms with van der Waals surface area (Å²) in [4.78, 5) is 26.4. The van der Waals surface area contributed by atoms with Crippen LogP contribution in [0.1, 0.15) is 39.1 Å². The number of alkyl carbamates (subject to hydrolysis) is 1. The molecule has 1 aromatic heterocycles. The first-order chi connectivity index (χ1) is 16.6. The van der Waals surface area contributed by atoms with E-state index in [2.05, 4.69) is 22.4 Å². The summed E-state index contributed by atoms with van der Waals surface area (Å²) in [6.45, 7) is -0.0126. The minimum Gasteiger partial charge on any atom is -0.449 e. The lowest BCUT2D eigenvalue weighted by atomic mass is 9.98. The van der Waals surface area contributed by atoms with Crippen LogP contribution in [0.5, 0.6) is 0 Å². The molecule has 7 heteroatoms. The molecule has 1 aliphatic rings. The third kappa shape index (κ3) is 3.96. The maximum atomic E-state index is 12.3. The molecule has 4 N–H and O–H groups in total. The van der Waals surface area contributed by atoms with Crippen molar-refractivity contribution in [3.63, 3.8) is 0 Å². The number of aliphatic hydroxyl groups is 2. The molecule has 1 amide bonds. The maximum Gasteiger partial charge on any atom is 0.407 e. The third-order valence-electron chi connectivity index (χ3n) is 6.37. The molecule has 0 radical (unpaired) electrons. The summed E-state index contributed by atoms with van der Waals surface area (Å²) in [5, 5.41) is 24.2. The van der Waals surface area contributed by atoms with E-state index in [4.69, 9.17) is 4.74 Å². The van der Waals surface area contributed by atoms with Crippen LogP contribution in [-0.4, -0.2) is 46.8 Å². The maximum absolute atomic E-state index is 12.3. The summed E-state index contributed by atoms with van der Waals surface area (Å²) in [6.07, 6.45) is -0.784. The van der Waals surface area contributed by atoms with Crippen LogP contribution >= 0.6 is 0 Å². The van der Waals surface area contributed by atoms with E-state index < -0.39 is 18.3 Å². The molecule has 3 aromatic carbocycles. The lowest BCUT2D eigenvalue weighted by Crippen LogP contribution is -2.36. The molecule has 0 fully saturated rings. The average molecular weight is 456 g/mol. The number of hydrogen-bond acceptors (Lipinski definition) is 5. The summed E-state index contributed by atoms with van der Waals surface area (Å²) >= 11 is 0. The lowest BCUT2D eigenvalue weighted by Gasteiger charge is -2.19. The normalized spacial score (nSPS) is 14.3. The van der Waals surface area contributed by atoms with Crippen molar-refractivity contribution in [1.82, 2.24) is 10.3 Å². The van der Waals surface area contributed by atoms with Crippen molar-refractivity contribution < 1.29 is 24.5 Å². The highest BCUT2D eigenvalue weighted by atomic mass is 16.5. The van der Waals surface area contributed by atoms with E-state index in [1.165, 1.54) is 0 Å². The fourth-order valence-electron chi connectivity index (χ4n) is 4.62. The topological polar surface area (TPSA) is 112 Å². The van der Waals surface area contributed by atoms with Gasteiger partial charge in [0.1, 0.15) is 18.8 Å². The van der Waals surface area contributed by atoms with Crippen LogP contribution < -0.4 is 5.32 Å². The van der Waals surface area contributed by atoms with E-state index in [-0.39, 0.29) is 19.1 Å². The Labute approximate surface area is 196 Å². The molecule has 1 heterocycles. The number of hydrogen-bond donors (Lipinski definition) is 4. The van der Waals surface area contributed by atoms with Gasteiger partial charge in [-0.2, -0.15) is 0 Å². The first-order valence-corrected chi connectivity index (χ1v) is 11.1. The SMILES string of the molecule is O=Cc1c[nH]c2cc(C(O)C(O)CNC(=O)OCC3c4ccccc4-c4ccccc43)ccc12. The van der Waals surface area contributed by atoms with E-state index in [9.17, 15) is 19.8 Å².